The van der Waals surface area contributed by atoms with Gasteiger partial charge in [-0.2, -0.15) is 0 Å². The van der Waals surface area contributed by atoms with Gasteiger partial charge in [-0.1, -0.05) is 6.07 Å². The van der Waals surface area contributed by atoms with Gasteiger partial charge in [0.1, 0.15) is 12.4 Å². The first-order valence-electron chi connectivity index (χ1n) is 4.89. The molecule has 0 spiro atoms. The molecule has 0 bridgehead atoms. The zero-order chi connectivity index (χ0) is 11.3. The number of aryl methyl sites for hydroxylation is 3. The summed E-state index contributed by atoms with van der Waals surface area (Å²) in [7, 11) is 0. The number of rotatable bonds is 4. The molecule has 0 aliphatic carbocycles. The van der Waals surface area contributed by atoms with Gasteiger partial charge in [0.05, 0.1) is 11.7 Å². The number of hydrogen-bond acceptors (Lipinski definition) is 3. The summed E-state index contributed by atoms with van der Waals surface area (Å²) in [6.07, 6.45) is 0. The lowest BCUT2D eigenvalue weighted by molar-refractivity contribution is 0.326. The number of nitrogens with zero attached hydrogens (tertiary/aromatic N) is 1. The lowest BCUT2D eigenvalue weighted by atomic mass is 10.1. The Kier molecular flexibility index (Phi) is 4.47. The van der Waals surface area contributed by atoms with Crippen LogP contribution in [0.15, 0.2) is 17.1 Å². The summed E-state index contributed by atoms with van der Waals surface area (Å²) in [6, 6.07) is 4.19. The average Bonchev–Trinajstić information content (AvgIpc) is 2.20. The third kappa shape index (κ3) is 3.46. The van der Waals surface area contributed by atoms with Crippen LogP contribution in [0.3, 0.4) is 0 Å². The number of benzene rings is 1. The molecule has 0 unspecified atom stereocenters. The fraction of sp³-hybridized carbons (Fsp3) is 0.417. The molecule has 1 aromatic rings. The molecule has 0 aromatic heterocycles. The van der Waals surface area contributed by atoms with Gasteiger partial charge in [-0.3, -0.25) is 0 Å². The summed E-state index contributed by atoms with van der Waals surface area (Å²) in [5.41, 5.74) is 3.69. The number of thiocarbonyl (C=S) groups is 1. The summed E-state index contributed by atoms with van der Waals surface area (Å²) < 4.78 is 5.59. The van der Waals surface area contributed by atoms with Gasteiger partial charge in [-0.25, -0.2) is 4.99 Å². The van der Waals surface area contributed by atoms with E-state index in [9.17, 15) is 0 Å². The number of aliphatic imine (C=N–C) groups is 1. The maximum absolute atomic E-state index is 5.59. The van der Waals surface area contributed by atoms with E-state index in [0.717, 1.165) is 11.3 Å². The van der Waals surface area contributed by atoms with Gasteiger partial charge < -0.3 is 4.74 Å². The molecule has 80 valence electrons. The van der Waals surface area contributed by atoms with Crippen molar-refractivity contribution in [3.8, 4) is 5.75 Å². The molecule has 0 saturated heterocycles. The standard InChI is InChI=1S/C12H15NOS/c1-9-6-11(3)12(7-10(9)2)14-5-4-13-8-15/h6-7H,4-5H2,1-3H3. The minimum absolute atomic E-state index is 0.549. The molecule has 0 N–H and O–H groups in total. The normalized spacial score (nSPS) is 9.53. The summed E-state index contributed by atoms with van der Waals surface area (Å²) in [4.78, 5) is 3.80. The third-order valence-electron chi connectivity index (χ3n) is 2.32. The van der Waals surface area contributed by atoms with Crippen molar-refractivity contribution in [2.45, 2.75) is 20.8 Å². The Morgan fingerprint density at radius 1 is 1.20 bits per heavy atom. The molecule has 0 aliphatic rings. The van der Waals surface area contributed by atoms with Crippen molar-refractivity contribution < 1.29 is 4.74 Å². The monoisotopic (exact) mass is 221 g/mol. The fourth-order valence-electron chi connectivity index (χ4n) is 1.34. The minimum atomic E-state index is 0.549. The molecule has 2 nitrogen and oxygen atoms in total. The summed E-state index contributed by atoms with van der Waals surface area (Å²) in [5.74, 6) is 0.928. The number of ether oxygens (including phenoxy) is 1. The predicted octanol–water partition coefficient (Wildman–Crippen LogP) is 3.09. The second-order valence-corrected chi connectivity index (χ2v) is 3.71. The first kappa shape index (κ1) is 11.9. The van der Waals surface area contributed by atoms with Crippen LogP contribution in [0.1, 0.15) is 16.7 Å². The second kappa shape index (κ2) is 5.64. The Labute approximate surface area is 96.0 Å². The van der Waals surface area contributed by atoms with Crippen LogP contribution in [-0.4, -0.2) is 18.3 Å². The van der Waals surface area contributed by atoms with E-state index in [4.69, 9.17) is 4.74 Å². The van der Waals surface area contributed by atoms with E-state index >= 15 is 0 Å². The highest BCUT2D eigenvalue weighted by atomic mass is 32.1. The van der Waals surface area contributed by atoms with Crippen LogP contribution >= 0.6 is 12.2 Å². The highest BCUT2D eigenvalue weighted by Gasteiger charge is 2.02. The SMILES string of the molecule is Cc1cc(C)c(OCCN=C=S)cc1C. The largest absolute Gasteiger partial charge is 0.491 e. The van der Waals surface area contributed by atoms with Crippen molar-refractivity contribution in [2.24, 2.45) is 4.99 Å². The number of isothiocyanates is 1. The van der Waals surface area contributed by atoms with E-state index in [2.05, 4.69) is 48.4 Å². The zero-order valence-corrected chi connectivity index (χ0v) is 10.1. The molecule has 15 heavy (non-hydrogen) atoms. The highest BCUT2D eigenvalue weighted by Crippen LogP contribution is 2.22. The quantitative estimate of drug-likeness (QED) is 0.442. The molecular weight excluding hydrogens is 206 g/mol. The summed E-state index contributed by atoms with van der Waals surface area (Å²) in [6.45, 7) is 7.34. The van der Waals surface area contributed by atoms with E-state index in [0.29, 0.717) is 13.2 Å². The highest BCUT2D eigenvalue weighted by molar-refractivity contribution is 7.78. The van der Waals surface area contributed by atoms with Crippen molar-refractivity contribution in [2.75, 3.05) is 13.2 Å². The number of hydrogen-bond donors (Lipinski definition) is 0. The zero-order valence-electron chi connectivity index (χ0n) is 9.33. The minimum Gasteiger partial charge on any atom is -0.491 e. The average molecular weight is 221 g/mol. The fourth-order valence-corrected chi connectivity index (χ4v) is 1.43. The van der Waals surface area contributed by atoms with Crippen molar-refractivity contribution in [1.29, 1.82) is 0 Å². The molecule has 0 amide bonds. The topological polar surface area (TPSA) is 21.6 Å². The lowest BCUT2D eigenvalue weighted by Crippen LogP contribution is -2.02. The van der Waals surface area contributed by atoms with Crippen LogP contribution in [0.25, 0.3) is 0 Å². The summed E-state index contributed by atoms with van der Waals surface area (Å²) in [5, 5.41) is 2.32. The molecule has 0 fully saturated rings. The molecule has 0 heterocycles. The first-order valence-corrected chi connectivity index (χ1v) is 5.30. The van der Waals surface area contributed by atoms with Crippen molar-refractivity contribution in [3.05, 3.63) is 28.8 Å². The maximum atomic E-state index is 5.59. The molecule has 3 heteroatoms. The van der Waals surface area contributed by atoms with E-state index in [-0.39, 0.29) is 0 Å². The van der Waals surface area contributed by atoms with E-state index in [1.807, 2.05) is 6.92 Å². The van der Waals surface area contributed by atoms with Crippen LogP contribution in [0.2, 0.25) is 0 Å². The van der Waals surface area contributed by atoms with Crippen molar-refractivity contribution in [3.63, 3.8) is 0 Å². The van der Waals surface area contributed by atoms with Gasteiger partial charge in [-0.15, -0.1) is 0 Å². The Morgan fingerprint density at radius 3 is 2.53 bits per heavy atom. The Morgan fingerprint density at radius 2 is 1.87 bits per heavy atom. The van der Waals surface area contributed by atoms with Gasteiger partial charge >= 0.3 is 0 Å². The van der Waals surface area contributed by atoms with Gasteiger partial charge in [-0.05, 0) is 55.7 Å². The Bertz CT molecular complexity index is 395. The van der Waals surface area contributed by atoms with Gasteiger partial charge in [0, 0.05) is 0 Å². The van der Waals surface area contributed by atoms with E-state index in [1.165, 1.54) is 11.1 Å². The molecule has 0 saturated carbocycles. The van der Waals surface area contributed by atoms with Crippen molar-refractivity contribution >= 4 is 17.4 Å². The predicted molar refractivity (Wildman–Crippen MR) is 66.0 cm³/mol. The van der Waals surface area contributed by atoms with E-state index < -0.39 is 0 Å². The van der Waals surface area contributed by atoms with Crippen LogP contribution < -0.4 is 4.74 Å². The van der Waals surface area contributed by atoms with Crippen LogP contribution in [0.5, 0.6) is 5.75 Å². The molecule has 0 atom stereocenters. The molecule has 0 aliphatic heterocycles. The van der Waals surface area contributed by atoms with Crippen LogP contribution in [0.4, 0.5) is 0 Å². The van der Waals surface area contributed by atoms with Gasteiger partial charge in [0.15, 0.2) is 0 Å². The molecule has 1 rings (SSSR count). The van der Waals surface area contributed by atoms with Gasteiger partial charge in [0.25, 0.3) is 0 Å². The Balaban J connectivity index is 2.68. The van der Waals surface area contributed by atoms with E-state index in [1.54, 1.807) is 0 Å². The second-order valence-electron chi connectivity index (χ2n) is 3.52. The molecule has 0 radical (unpaired) electrons. The maximum Gasteiger partial charge on any atom is 0.122 e. The van der Waals surface area contributed by atoms with Crippen LogP contribution in [-0.2, 0) is 0 Å². The first-order chi connectivity index (χ1) is 7.15. The third-order valence-corrected chi connectivity index (χ3v) is 2.45. The molecular formula is C12H15NOS. The smallest absolute Gasteiger partial charge is 0.122 e. The Hall–Kier alpha value is -1.18. The lowest BCUT2D eigenvalue weighted by Gasteiger charge is -2.10. The molecule has 1 aromatic carbocycles. The summed E-state index contributed by atoms with van der Waals surface area (Å²) >= 11 is 4.47. The van der Waals surface area contributed by atoms with Crippen LogP contribution in [0, 0.1) is 20.8 Å². The van der Waals surface area contributed by atoms with Crippen molar-refractivity contribution in [1.82, 2.24) is 0 Å². The van der Waals surface area contributed by atoms with Gasteiger partial charge in [0.2, 0.25) is 0 Å².